The fourth-order valence-corrected chi connectivity index (χ4v) is 0.946. The molecule has 0 aromatic heterocycles. The molecular formula is C8H14N4O6. The van der Waals surface area contributed by atoms with Crippen LogP contribution in [0.3, 0.4) is 0 Å². The summed E-state index contributed by atoms with van der Waals surface area (Å²) in [6, 6.07) is -3.13. The highest BCUT2D eigenvalue weighted by Gasteiger charge is 2.22. The lowest BCUT2D eigenvalue weighted by atomic mass is 10.2. The molecule has 0 aliphatic carbocycles. The number of nitrogens with two attached hydrogens (primary N) is 1. The van der Waals surface area contributed by atoms with Crippen molar-refractivity contribution in [3.63, 3.8) is 0 Å². The fraction of sp³-hybridized carbons (Fsp3) is 0.500. The second kappa shape index (κ2) is 7.70. The SMILES string of the molecule is NC(=O)NCCNC(=O)NC(CC(=O)O)C(=O)O. The predicted octanol–water partition coefficient (Wildman–Crippen LogP) is -2.12. The number of rotatable bonds is 7. The fourth-order valence-electron chi connectivity index (χ4n) is 0.946. The van der Waals surface area contributed by atoms with Crippen LogP contribution in [0, 0.1) is 0 Å². The molecule has 1 unspecified atom stereocenters. The third kappa shape index (κ3) is 7.73. The molecule has 0 radical (unpaired) electrons. The van der Waals surface area contributed by atoms with Crippen molar-refractivity contribution in [2.45, 2.75) is 12.5 Å². The van der Waals surface area contributed by atoms with Crippen LogP contribution in [0.1, 0.15) is 6.42 Å². The van der Waals surface area contributed by atoms with Crippen molar-refractivity contribution in [1.82, 2.24) is 16.0 Å². The first kappa shape index (κ1) is 15.5. The summed E-state index contributed by atoms with van der Waals surface area (Å²) in [7, 11) is 0. The summed E-state index contributed by atoms with van der Waals surface area (Å²) in [5, 5.41) is 23.4. The van der Waals surface area contributed by atoms with Gasteiger partial charge in [-0.15, -0.1) is 0 Å². The second-order valence-electron chi connectivity index (χ2n) is 3.18. The van der Waals surface area contributed by atoms with E-state index in [2.05, 4.69) is 10.6 Å². The quantitative estimate of drug-likeness (QED) is 0.286. The normalized spacial score (nSPS) is 11.1. The molecule has 0 aromatic carbocycles. The highest BCUT2D eigenvalue weighted by atomic mass is 16.4. The van der Waals surface area contributed by atoms with Crippen LogP contribution in [0.5, 0.6) is 0 Å². The van der Waals surface area contributed by atoms with Crippen molar-refractivity contribution in [1.29, 1.82) is 0 Å². The molecule has 10 heteroatoms. The standard InChI is InChI=1S/C8H14N4O6/c9-7(17)10-1-2-11-8(18)12-4(6(15)16)3-5(13)14/h4H,1-3H2,(H,13,14)(H,15,16)(H3,9,10,17)(H2,11,12,18). The van der Waals surface area contributed by atoms with Gasteiger partial charge in [0.15, 0.2) is 0 Å². The predicted molar refractivity (Wildman–Crippen MR) is 57.8 cm³/mol. The monoisotopic (exact) mass is 262 g/mol. The molecule has 18 heavy (non-hydrogen) atoms. The van der Waals surface area contributed by atoms with Gasteiger partial charge in [-0.3, -0.25) is 4.79 Å². The molecule has 0 rings (SSSR count). The summed E-state index contributed by atoms with van der Waals surface area (Å²) in [5.74, 6) is -2.80. The number of carboxylic acid groups (broad SMARTS) is 2. The number of hydrogen-bond donors (Lipinski definition) is 6. The van der Waals surface area contributed by atoms with Crippen molar-refractivity contribution in [3.05, 3.63) is 0 Å². The minimum atomic E-state index is -1.52. The Morgan fingerprint density at radius 1 is 1.06 bits per heavy atom. The summed E-state index contributed by atoms with van der Waals surface area (Å²) >= 11 is 0. The molecule has 0 aromatic rings. The molecule has 0 fully saturated rings. The van der Waals surface area contributed by atoms with Gasteiger partial charge in [0.05, 0.1) is 6.42 Å². The van der Waals surface area contributed by atoms with Crippen molar-refractivity contribution in [2.75, 3.05) is 13.1 Å². The maximum atomic E-state index is 11.2. The number of primary amides is 1. The smallest absolute Gasteiger partial charge is 0.326 e. The molecule has 0 aliphatic rings. The van der Waals surface area contributed by atoms with Gasteiger partial charge in [-0.05, 0) is 0 Å². The Morgan fingerprint density at radius 2 is 1.61 bits per heavy atom. The average molecular weight is 262 g/mol. The highest BCUT2D eigenvalue weighted by molar-refractivity contribution is 5.86. The van der Waals surface area contributed by atoms with Crippen LogP contribution >= 0.6 is 0 Å². The van der Waals surface area contributed by atoms with Gasteiger partial charge in [0.1, 0.15) is 6.04 Å². The van der Waals surface area contributed by atoms with E-state index in [-0.39, 0.29) is 13.1 Å². The van der Waals surface area contributed by atoms with Gasteiger partial charge in [0.25, 0.3) is 0 Å². The van der Waals surface area contributed by atoms with E-state index in [4.69, 9.17) is 15.9 Å². The molecule has 0 bridgehead atoms. The van der Waals surface area contributed by atoms with Crippen molar-refractivity contribution in [3.8, 4) is 0 Å². The molecule has 10 nitrogen and oxygen atoms in total. The molecule has 0 spiro atoms. The molecule has 1 atom stereocenters. The van der Waals surface area contributed by atoms with Gasteiger partial charge in [-0.2, -0.15) is 0 Å². The second-order valence-corrected chi connectivity index (χ2v) is 3.18. The molecule has 0 saturated heterocycles. The molecule has 4 amide bonds. The number of aliphatic carboxylic acids is 2. The number of urea groups is 2. The maximum Gasteiger partial charge on any atom is 0.326 e. The largest absolute Gasteiger partial charge is 0.481 e. The molecule has 102 valence electrons. The topological polar surface area (TPSA) is 171 Å². The van der Waals surface area contributed by atoms with E-state index in [1.807, 2.05) is 5.32 Å². The van der Waals surface area contributed by atoms with E-state index in [1.165, 1.54) is 0 Å². The Morgan fingerprint density at radius 3 is 2.06 bits per heavy atom. The van der Waals surface area contributed by atoms with E-state index in [0.29, 0.717) is 0 Å². The maximum absolute atomic E-state index is 11.2. The first-order valence-corrected chi connectivity index (χ1v) is 4.85. The minimum Gasteiger partial charge on any atom is -0.481 e. The Hall–Kier alpha value is -2.52. The molecule has 7 N–H and O–H groups in total. The van der Waals surface area contributed by atoms with Crippen LogP contribution in [-0.4, -0.2) is 53.3 Å². The molecule has 0 saturated carbocycles. The van der Waals surface area contributed by atoms with Gasteiger partial charge in [-0.25, -0.2) is 14.4 Å². The van der Waals surface area contributed by atoms with E-state index in [1.54, 1.807) is 0 Å². The zero-order chi connectivity index (χ0) is 14.1. The third-order valence-electron chi connectivity index (χ3n) is 1.69. The van der Waals surface area contributed by atoms with E-state index in [0.717, 1.165) is 0 Å². The van der Waals surface area contributed by atoms with Crippen molar-refractivity contribution >= 4 is 24.0 Å². The number of hydrogen-bond acceptors (Lipinski definition) is 4. The third-order valence-corrected chi connectivity index (χ3v) is 1.69. The van der Waals surface area contributed by atoms with E-state index >= 15 is 0 Å². The lowest BCUT2D eigenvalue weighted by Crippen LogP contribution is -2.48. The molecule has 0 aliphatic heterocycles. The van der Waals surface area contributed by atoms with Crippen molar-refractivity contribution in [2.24, 2.45) is 5.73 Å². The summed E-state index contributed by atoms with van der Waals surface area (Å²) < 4.78 is 0. The van der Waals surface area contributed by atoms with Gasteiger partial charge >= 0.3 is 24.0 Å². The van der Waals surface area contributed by atoms with Crippen LogP contribution in [0.4, 0.5) is 9.59 Å². The minimum absolute atomic E-state index is 0.0220. The lowest BCUT2D eigenvalue weighted by molar-refractivity contribution is -0.145. The highest BCUT2D eigenvalue weighted by Crippen LogP contribution is 1.92. The molecule has 0 heterocycles. The van der Waals surface area contributed by atoms with Crippen molar-refractivity contribution < 1.29 is 29.4 Å². The van der Waals surface area contributed by atoms with Crippen LogP contribution in [0.25, 0.3) is 0 Å². The van der Waals surface area contributed by atoms with Crippen LogP contribution < -0.4 is 21.7 Å². The van der Waals surface area contributed by atoms with Crippen LogP contribution in [-0.2, 0) is 9.59 Å². The first-order chi connectivity index (χ1) is 8.32. The van der Waals surface area contributed by atoms with Gasteiger partial charge in [-0.1, -0.05) is 0 Å². The van der Waals surface area contributed by atoms with E-state index in [9.17, 15) is 19.2 Å². The Bertz CT molecular complexity index is 344. The molecular weight excluding hydrogens is 248 g/mol. The number of nitrogens with one attached hydrogen (secondary N) is 3. The number of carbonyl (C=O) groups excluding carboxylic acids is 2. The first-order valence-electron chi connectivity index (χ1n) is 4.85. The number of carboxylic acids is 2. The Balaban J connectivity index is 3.99. The summed E-state index contributed by atoms with van der Waals surface area (Å²) in [6.07, 6.45) is -0.734. The van der Waals surface area contributed by atoms with Crippen LogP contribution in [0.2, 0.25) is 0 Å². The van der Waals surface area contributed by atoms with E-state index < -0.39 is 36.5 Å². The Labute approximate surface area is 102 Å². The van der Waals surface area contributed by atoms with Gasteiger partial charge < -0.3 is 31.9 Å². The van der Waals surface area contributed by atoms with Gasteiger partial charge in [0, 0.05) is 13.1 Å². The Kier molecular flexibility index (Phi) is 6.63. The van der Waals surface area contributed by atoms with Crippen LogP contribution in [0.15, 0.2) is 0 Å². The zero-order valence-corrected chi connectivity index (χ0v) is 9.30. The zero-order valence-electron chi connectivity index (χ0n) is 9.30. The average Bonchev–Trinajstić information content (AvgIpc) is 2.22. The van der Waals surface area contributed by atoms with Gasteiger partial charge in [0.2, 0.25) is 0 Å². The summed E-state index contributed by atoms with van der Waals surface area (Å²) in [4.78, 5) is 42.4. The lowest BCUT2D eigenvalue weighted by Gasteiger charge is -2.13. The number of amides is 4. The summed E-state index contributed by atoms with van der Waals surface area (Å²) in [6.45, 7) is 0.0909. The number of carbonyl (C=O) groups is 4. The summed E-state index contributed by atoms with van der Waals surface area (Å²) in [5.41, 5.74) is 4.76.